The van der Waals surface area contributed by atoms with Crippen molar-refractivity contribution >= 4 is 38.9 Å². The second kappa shape index (κ2) is 7.78. The molecule has 5 nitrogen and oxygen atoms in total. The van der Waals surface area contributed by atoms with E-state index in [2.05, 4.69) is 5.32 Å². The van der Waals surface area contributed by atoms with Crippen molar-refractivity contribution in [2.75, 3.05) is 16.2 Å². The SMILES string of the molecule is CCc1cccc(C)c1NC(=O)CN1c2ccc(Cl)cc2-c2ccccc2S1(=O)=O. The van der Waals surface area contributed by atoms with Crippen molar-refractivity contribution in [2.45, 2.75) is 25.2 Å². The fourth-order valence-electron chi connectivity index (χ4n) is 3.79. The van der Waals surface area contributed by atoms with E-state index in [4.69, 9.17) is 11.6 Å². The second-order valence-corrected chi connectivity index (χ2v) is 9.45. The molecule has 1 amide bonds. The highest BCUT2D eigenvalue weighted by Crippen LogP contribution is 2.43. The molecule has 0 unspecified atom stereocenters. The van der Waals surface area contributed by atoms with Gasteiger partial charge in [-0.25, -0.2) is 8.42 Å². The average molecular weight is 441 g/mol. The Balaban J connectivity index is 1.74. The van der Waals surface area contributed by atoms with E-state index >= 15 is 0 Å². The third-order valence-corrected chi connectivity index (χ3v) is 7.32. The van der Waals surface area contributed by atoms with Gasteiger partial charge >= 0.3 is 0 Å². The van der Waals surface area contributed by atoms with Gasteiger partial charge in [0.15, 0.2) is 0 Å². The molecule has 1 aliphatic rings. The molecule has 0 fully saturated rings. The van der Waals surface area contributed by atoms with Gasteiger partial charge in [0.05, 0.1) is 10.6 Å². The molecule has 1 aliphatic heterocycles. The minimum absolute atomic E-state index is 0.165. The Bertz CT molecular complexity index is 1260. The molecule has 154 valence electrons. The number of nitrogens with one attached hydrogen (secondary N) is 1. The summed E-state index contributed by atoms with van der Waals surface area (Å²) in [7, 11) is -3.89. The summed E-state index contributed by atoms with van der Waals surface area (Å²) in [5.74, 6) is -0.400. The summed E-state index contributed by atoms with van der Waals surface area (Å²) in [6, 6.07) is 17.6. The van der Waals surface area contributed by atoms with E-state index in [1.807, 2.05) is 32.0 Å². The van der Waals surface area contributed by atoms with E-state index in [0.29, 0.717) is 21.8 Å². The number of carbonyl (C=O) groups excluding carboxylic acids is 1. The van der Waals surface area contributed by atoms with Crippen molar-refractivity contribution in [3.05, 3.63) is 76.8 Å². The van der Waals surface area contributed by atoms with Crippen molar-refractivity contribution < 1.29 is 13.2 Å². The van der Waals surface area contributed by atoms with E-state index in [9.17, 15) is 13.2 Å². The van der Waals surface area contributed by atoms with Crippen LogP contribution in [0.2, 0.25) is 5.02 Å². The molecule has 0 aromatic heterocycles. The van der Waals surface area contributed by atoms with Crippen molar-refractivity contribution in [3.8, 4) is 11.1 Å². The summed E-state index contributed by atoms with van der Waals surface area (Å²) >= 11 is 6.18. The molecule has 0 aliphatic carbocycles. The van der Waals surface area contributed by atoms with Crippen LogP contribution in [0.15, 0.2) is 65.6 Å². The lowest BCUT2D eigenvalue weighted by Crippen LogP contribution is -2.40. The average Bonchev–Trinajstić information content (AvgIpc) is 2.73. The Morgan fingerprint density at radius 2 is 1.80 bits per heavy atom. The van der Waals surface area contributed by atoms with E-state index < -0.39 is 15.9 Å². The minimum atomic E-state index is -3.89. The van der Waals surface area contributed by atoms with Gasteiger partial charge in [-0.3, -0.25) is 9.10 Å². The normalized spacial score (nSPS) is 14.0. The summed E-state index contributed by atoms with van der Waals surface area (Å²) in [5.41, 5.74) is 4.37. The predicted octanol–water partition coefficient (Wildman–Crippen LogP) is 5.03. The molecule has 1 heterocycles. The van der Waals surface area contributed by atoms with Crippen LogP contribution in [0.3, 0.4) is 0 Å². The van der Waals surface area contributed by atoms with Gasteiger partial charge in [0.25, 0.3) is 10.0 Å². The molecular formula is C23H21ClN2O3S. The highest BCUT2D eigenvalue weighted by atomic mass is 35.5. The number of aryl methyl sites for hydroxylation is 2. The molecule has 3 aromatic rings. The highest BCUT2D eigenvalue weighted by Gasteiger charge is 2.36. The molecule has 0 saturated heterocycles. The molecule has 30 heavy (non-hydrogen) atoms. The number of carbonyl (C=O) groups is 1. The molecule has 0 saturated carbocycles. The number of fused-ring (bicyclic) bond motifs is 3. The van der Waals surface area contributed by atoms with E-state index in [0.717, 1.165) is 27.5 Å². The van der Waals surface area contributed by atoms with Crippen LogP contribution in [-0.2, 0) is 21.2 Å². The number of hydrogen-bond donors (Lipinski definition) is 1. The van der Waals surface area contributed by atoms with Gasteiger partial charge in [0.1, 0.15) is 6.54 Å². The van der Waals surface area contributed by atoms with Crippen molar-refractivity contribution in [1.82, 2.24) is 0 Å². The molecule has 4 rings (SSSR count). The number of anilines is 2. The lowest BCUT2D eigenvalue weighted by Gasteiger charge is -2.31. The van der Waals surface area contributed by atoms with E-state index in [-0.39, 0.29) is 11.4 Å². The van der Waals surface area contributed by atoms with E-state index in [1.54, 1.807) is 42.5 Å². The third-order valence-electron chi connectivity index (χ3n) is 5.26. The second-order valence-electron chi connectivity index (χ2n) is 7.18. The zero-order chi connectivity index (χ0) is 21.5. The summed E-state index contributed by atoms with van der Waals surface area (Å²) in [6.07, 6.45) is 0.758. The maximum Gasteiger partial charge on any atom is 0.265 e. The van der Waals surface area contributed by atoms with Crippen molar-refractivity contribution in [2.24, 2.45) is 0 Å². The number of nitrogens with zero attached hydrogens (tertiary/aromatic N) is 1. The Morgan fingerprint density at radius 3 is 2.57 bits per heavy atom. The van der Waals surface area contributed by atoms with Crippen molar-refractivity contribution in [1.29, 1.82) is 0 Å². The number of halogens is 1. The maximum atomic E-state index is 13.3. The molecule has 0 radical (unpaired) electrons. The molecular weight excluding hydrogens is 420 g/mol. The molecule has 0 atom stereocenters. The van der Waals surface area contributed by atoms with Crippen molar-refractivity contribution in [3.63, 3.8) is 0 Å². The van der Waals surface area contributed by atoms with Gasteiger partial charge in [-0.2, -0.15) is 0 Å². The molecule has 0 spiro atoms. The molecule has 3 aromatic carbocycles. The fourth-order valence-corrected chi connectivity index (χ4v) is 5.61. The van der Waals surface area contributed by atoms with E-state index in [1.165, 1.54) is 0 Å². The predicted molar refractivity (Wildman–Crippen MR) is 121 cm³/mol. The van der Waals surface area contributed by atoms with Crippen LogP contribution >= 0.6 is 11.6 Å². The first-order valence-electron chi connectivity index (χ1n) is 9.63. The quantitative estimate of drug-likeness (QED) is 0.619. The number of hydrogen-bond acceptors (Lipinski definition) is 3. The Hall–Kier alpha value is -2.83. The topological polar surface area (TPSA) is 66.5 Å². The first-order valence-corrected chi connectivity index (χ1v) is 11.4. The maximum absolute atomic E-state index is 13.3. The van der Waals surface area contributed by atoms with Gasteiger partial charge in [0, 0.05) is 21.8 Å². The van der Waals surface area contributed by atoms with Crippen LogP contribution < -0.4 is 9.62 Å². The summed E-state index contributed by atoms with van der Waals surface area (Å²) in [4.78, 5) is 13.1. The molecule has 7 heteroatoms. The first kappa shape index (κ1) is 20.4. The zero-order valence-electron chi connectivity index (χ0n) is 16.6. The molecule has 1 N–H and O–H groups in total. The number of amides is 1. The lowest BCUT2D eigenvalue weighted by molar-refractivity contribution is -0.114. The standard InChI is InChI=1S/C23H21ClN2O3S/c1-3-16-8-6-7-15(2)23(16)25-22(27)14-26-20-12-11-17(24)13-19(20)18-9-4-5-10-21(18)30(26,28)29/h4-13H,3,14H2,1-2H3,(H,25,27). The van der Waals surface area contributed by atoms with Gasteiger partial charge < -0.3 is 5.32 Å². The Labute approximate surface area is 181 Å². The third kappa shape index (κ3) is 3.46. The largest absolute Gasteiger partial charge is 0.324 e. The van der Waals surface area contributed by atoms with Crippen LogP contribution in [0.25, 0.3) is 11.1 Å². The Kier molecular flexibility index (Phi) is 5.30. The number of sulfonamides is 1. The Morgan fingerprint density at radius 1 is 1.03 bits per heavy atom. The fraction of sp³-hybridized carbons (Fsp3) is 0.174. The van der Waals surface area contributed by atoms with Crippen LogP contribution in [-0.4, -0.2) is 20.9 Å². The monoisotopic (exact) mass is 440 g/mol. The van der Waals surface area contributed by atoms with Gasteiger partial charge in [-0.1, -0.05) is 54.9 Å². The van der Waals surface area contributed by atoms with Gasteiger partial charge in [-0.05, 0) is 48.7 Å². The summed E-state index contributed by atoms with van der Waals surface area (Å²) in [5, 5.41) is 3.41. The smallest absolute Gasteiger partial charge is 0.265 e. The minimum Gasteiger partial charge on any atom is -0.324 e. The number of rotatable bonds is 4. The number of benzene rings is 3. The van der Waals surface area contributed by atoms with Crippen LogP contribution in [0.5, 0.6) is 0 Å². The zero-order valence-corrected chi connectivity index (χ0v) is 18.2. The number of para-hydroxylation sites is 1. The van der Waals surface area contributed by atoms with Gasteiger partial charge in [-0.15, -0.1) is 0 Å². The van der Waals surface area contributed by atoms with Crippen LogP contribution in [0.4, 0.5) is 11.4 Å². The summed E-state index contributed by atoms with van der Waals surface area (Å²) in [6.45, 7) is 3.60. The van der Waals surface area contributed by atoms with Crippen LogP contribution in [0.1, 0.15) is 18.1 Å². The van der Waals surface area contributed by atoms with Crippen LogP contribution in [0, 0.1) is 6.92 Å². The summed E-state index contributed by atoms with van der Waals surface area (Å²) < 4.78 is 27.8. The molecule has 0 bridgehead atoms. The highest BCUT2D eigenvalue weighted by molar-refractivity contribution is 7.93. The first-order chi connectivity index (χ1) is 14.3. The van der Waals surface area contributed by atoms with Gasteiger partial charge in [0.2, 0.25) is 5.91 Å². The lowest BCUT2D eigenvalue weighted by atomic mass is 10.0.